The predicted octanol–water partition coefficient (Wildman–Crippen LogP) is 1.66. The lowest BCUT2D eigenvalue weighted by atomic mass is 9.90. The summed E-state index contributed by atoms with van der Waals surface area (Å²) in [6.07, 6.45) is 7.38. The third kappa shape index (κ3) is 3.82. The van der Waals surface area contributed by atoms with Gasteiger partial charge < -0.3 is 15.2 Å². The van der Waals surface area contributed by atoms with Crippen LogP contribution in [0.3, 0.4) is 0 Å². The Hall–Kier alpha value is -0.870. The summed E-state index contributed by atoms with van der Waals surface area (Å²) in [5, 5.41) is 3.66. The number of aromatic nitrogens is 2. The largest absolute Gasteiger partial charge is 0.348 e. The van der Waals surface area contributed by atoms with Crippen LogP contribution in [0, 0.1) is 5.92 Å². The number of nitrogens with zero attached hydrogens (tertiary/aromatic N) is 2. The van der Waals surface area contributed by atoms with Crippen molar-refractivity contribution in [3.05, 3.63) is 18.2 Å². The highest BCUT2D eigenvalue weighted by molar-refractivity contribution is 4.94. The van der Waals surface area contributed by atoms with Gasteiger partial charge in [0.15, 0.2) is 0 Å². The van der Waals surface area contributed by atoms with Gasteiger partial charge in [-0.05, 0) is 45.3 Å². The number of hydrogen-bond acceptors (Lipinski definition) is 3. The van der Waals surface area contributed by atoms with Crippen LogP contribution < -0.4 is 5.32 Å². The van der Waals surface area contributed by atoms with Crippen LogP contribution in [-0.2, 0) is 6.42 Å². The van der Waals surface area contributed by atoms with E-state index in [0.29, 0.717) is 6.04 Å². The summed E-state index contributed by atoms with van der Waals surface area (Å²) in [6, 6.07) is 0.631. The number of hydrogen-bond donors (Lipinski definition) is 2. The van der Waals surface area contributed by atoms with Gasteiger partial charge in [-0.15, -0.1) is 0 Å². The molecule has 102 valence electrons. The van der Waals surface area contributed by atoms with Crippen molar-refractivity contribution >= 4 is 0 Å². The van der Waals surface area contributed by atoms with Crippen molar-refractivity contribution in [1.29, 1.82) is 0 Å². The fourth-order valence-electron chi connectivity index (χ4n) is 2.79. The fourth-order valence-corrected chi connectivity index (χ4v) is 2.79. The first-order valence-electron chi connectivity index (χ1n) is 7.22. The fraction of sp³-hybridized carbons (Fsp3) is 0.786. The minimum absolute atomic E-state index is 0.631. The summed E-state index contributed by atoms with van der Waals surface area (Å²) >= 11 is 0. The molecule has 1 unspecified atom stereocenters. The van der Waals surface area contributed by atoms with E-state index in [9.17, 15) is 0 Å². The number of H-pyrrole nitrogens is 1. The lowest BCUT2D eigenvalue weighted by molar-refractivity contribution is 0.169. The van der Waals surface area contributed by atoms with Crippen LogP contribution in [0.1, 0.15) is 32.4 Å². The SMILES string of the molecule is CCN1CCC(C(C)NCCc2cnc[nH]2)CC1. The van der Waals surface area contributed by atoms with Crippen molar-refractivity contribution < 1.29 is 0 Å². The van der Waals surface area contributed by atoms with Crippen LogP contribution in [-0.4, -0.2) is 47.1 Å². The summed E-state index contributed by atoms with van der Waals surface area (Å²) in [4.78, 5) is 9.73. The first-order chi connectivity index (χ1) is 8.79. The molecule has 0 aromatic carbocycles. The van der Waals surface area contributed by atoms with Crippen LogP contribution in [0.25, 0.3) is 0 Å². The number of likely N-dealkylation sites (tertiary alicyclic amines) is 1. The van der Waals surface area contributed by atoms with E-state index in [1.165, 1.54) is 38.2 Å². The zero-order chi connectivity index (χ0) is 12.8. The first-order valence-corrected chi connectivity index (χ1v) is 7.22. The topological polar surface area (TPSA) is 44.0 Å². The van der Waals surface area contributed by atoms with Gasteiger partial charge in [-0.2, -0.15) is 0 Å². The molecule has 0 radical (unpaired) electrons. The Morgan fingerprint density at radius 3 is 2.89 bits per heavy atom. The molecule has 1 aliphatic rings. The standard InChI is InChI=1S/C14H26N4/c1-3-18-8-5-13(6-9-18)12(2)16-7-4-14-10-15-11-17-14/h10-13,16H,3-9H2,1-2H3,(H,15,17). The summed E-state index contributed by atoms with van der Waals surface area (Å²) in [7, 11) is 0. The molecule has 4 nitrogen and oxygen atoms in total. The number of piperidine rings is 1. The number of nitrogens with one attached hydrogen (secondary N) is 2. The van der Waals surface area contributed by atoms with E-state index in [-0.39, 0.29) is 0 Å². The second kappa shape index (κ2) is 6.90. The third-order valence-electron chi connectivity index (χ3n) is 4.20. The van der Waals surface area contributed by atoms with E-state index in [4.69, 9.17) is 0 Å². The monoisotopic (exact) mass is 250 g/mol. The van der Waals surface area contributed by atoms with E-state index in [0.717, 1.165) is 18.9 Å². The number of aromatic amines is 1. The second-order valence-electron chi connectivity index (χ2n) is 5.34. The van der Waals surface area contributed by atoms with Gasteiger partial charge in [0.1, 0.15) is 0 Å². The number of rotatable bonds is 6. The molecule has 1 atom stereocenters. The molecule has 2 heterocycles. The zero-order valence-corrected chi connectivity index (χ0v) is 11.7. The lowest BCUT2D eigenvalue weighted by Crippen LogP contribution is -2.42. The first kappa shape index (κ1) is 13.6. The van der Waals surface area contributed by atoms with Crippen LogP contribution in [0.5, 0.6) is 0 Å². The van der Waals surface area contributed by atoms with Gasteiger partial charge in [-0.3, -0.25) is 0 Å². The van der Waals surface area contributed by atoms with Gasteiger partial charge in [0, 0.05) is 30.9 Å². The van der Waals surface area contributed by atoms with Crippen molar-refractivity contribution in [3.8, 4) is 0 Å². The quantitative estimate of drug-likeness (QED) is 0.807. The minimum atomic E-state index is 0.631. The third-order valence-corrected chi connectivity index (χ3v) is 4.20. The van der Waals surface area contributed by atoms with E-state index < -0.39 is 0 Å². The molecule has 18 heavy (non-hydrogen) atoms. The molecule has 2 N–H and O–H groups in total. The lowest BCUT2D eigenvalue weighted by Gasteiger charge is -2.34. The van der Waals surface area contributed by atoms with Crippen molar-refractivity contribution in [2.24, 2.45) is 5.92 Å². The molecule has 1 aromatic rings. The Morgan fingerprint density at radius 2 is 2.28 bits per heavy atom. The van der Waals surface area contributed by atoms with Crippen LogP contribution in [0.2, 0.25) is 0 Å². The van der Waals surface area contributed by atoms with Gasteiger partial charge in [-0.1, -0.05) is 6.92 Å². The molecular weight excluding hydrogens is 224 g/mol. The zero-order valence-electron chi connectivity index (χ0n) is 11.7. The summed E-state index contributed by atoms with van der Waals surface area (Å²) in [6.45, 7) is 9.37. The van der Waals surface area contributed by atoms with Crippen LogP contribution >= 0.6 is 0 Å². The molecule has 0 bridgehead atoms. The molecular formula is C14H26N4. The Balaban J connectivity index is 1.64. The van der Waals surface area contributed by atoms with Crippen molar-refractivity contribution in [3.63, 3.8) is 0 Å². The Kier molecular flexibility index (Phi) is 5.20. The maximum atomic E-state index is 4.04. The van der Waals surface area contributed by atoms with Crippen molar-refractivity contribution in [2.45, 2.75) is 39.2 Å². The van der Waals surface area contributed by atoms with Crippen LogP contribution in [0.15, 0.2) is 12.5 Å². The maximum absolute atomic E-state index is 4.04. The maximum Gasteiger partial charge on any atom is 0.0921 e. The number of imidazole rings is 1. The average molecular weight is 250 g/mol. The Labute approximate surface area is 110 Å². The highest BCUT2D eigenvalue weighted by Gasteiger charge is 2.22. The van der Waals surface area contributed by atoms with Gasteiger partial charge in [0.2, 0.25) is 0 Å². The van der Waals surface area contributed by atoms with E-state index in [1.807, 2.05) is 6.20 Å². The molecule has 1 aliphatic heterocycles. The normalized spacial score (nSPS) is 20.1. The van der Waals surface area contributed by atoms with Crippen LogP contribution in [0.4, 0.5) is 0 Å². The molecule has 1 fully saturated rings. The van der Waals surface area contributed by atoms with Gasteiger partial charge in [-0.25, -0.2) is 4.98 Å². The molecule has 0 spiro atoms. The summed E-state index contributed by atoms with van der Waals surface area (Å²) < 4.78 is 0. The molecule has 0 amide bonds. The Bertz CT molecular complexity index is 315. The van der Waals surface area contributed by atoms with E-state index in [2.05, 4.69) is 34.0 Å². The van der Waals surface area contributed by atoms with Gasteiger partial charge in [0.05, 0.1) is 6.33 Å². The molecule has 4 heteroatoms. The van der Waals surface area contributed by atoms with Crippen molar-refractivity contribution in [2.75, 3.05) is 26.2 Å². The molecule has 0 saturated carbocycles. The molecule has 0 aliphatic carbocycles. The second-order valence-corrected chi connectivity index (χ2v) is 5.34. The molecule has 1 aromatic heterocycles. The van der Waals surface area contributed by atoms with E-state index in [1.54, 1.807) is 6.33 Å². The predicted molar refractivity (Wildman–Crippen MR) is 74.6 cm³/mol. The van der Waals surface area contributed by atoms with Gasteiger partial charge >= 0.3 is 0 Å². The average Bonchev–Trinajstić information content (AvgIpc) is 2.92. The van der Waals surface area contributed by atoms with Gasteiger partial charge in [0.25, 0.3) is 0 Å². The Morgan fingerprint density at radius 1 is 1.50 bits per heavy atom. The molecule has 2 rings (SSSR count). The highest BCUT2D eigenvalue weighted by atomic mass is 15.1. The van der Waals surface area contributed by atoms with Crippen molar-refractivity contribution in [1.82, 2.24) is 20.2 Å². The van der Waals surface area contributed by atoms with E-state index >= 15 is 0 Å². The smallest absolute Gasteiger partial charge is 0.0921 e. The minimum Gasteiger partial charge on any atom is -0.348 e. The summed E-state index contributed by atoms with van der Waals surface area (Å²) in [5.74, 6) is 0.842. The summed E-state index contributed by atoms with van der Waals surface area (Å²) in [5.41, 5.74) is 1.22. The molecule has 1 saturated heterocycles. The highest BCUT2D eigenvalue weighted by Crippen LogP contribution is 2.20.